The van der Waals surface area contributed by atoms with Gasteiger partial charge in [-0.25, -0.2) is 4.79 Å². The maximum Gasteiger partial charge on any atom is 0.328 e. The molecule has 0 aliphatic rings. The maximum atomic E-state index is 10.5. The first-order chi connectivity index (χ1) is 8.22. The molecule has 2 rings (SSSR count). The molecule has 3 nitrogen and oxygen atoms in total. The van der Waals surface area contributed by atoms with Crippen molar-refractivity contribution in [1.29, 1.82) is 0 Å². The first-order valence-corrected chi connectivity index (χ1v) is 5.19. The molecule has 2 aromatic carbocycles. The number of hydrogen-bond donors (Lipinski definition) is 1. The van der Waals surface area contributed by atoms with Crippen LogP contribution in [0.2, 0.25) is 0 Å². The molecule has 0 saturated carbocycles. The van der Waals surface area contributed by atoms with Gasteiger partial charge in [0.15, 0.2) is 0 Å². The van der Waals surface area contributed by atoms with Crippen LogP contribution in [0.3, 0.4) is 0 Å². The molecule has 3 heteroatoms. The summed E-state index contributed by atoms with van der Waals surface area (Å²) in [4.78, 5) is 10.5. The highest BCUT2D eigenvalue weighted by molar-refractivity contribution is 5.97. The first kappa shape index (κ1) is 11.2. The molecule has 0 atom stereocenters. The molecule has 1 N–H and O–H groups in total. The SMILES string of the molecule is COc1ccc(/C=C\C(=O)O)c2ccccc12. The van der Waals surface area contributed by atoms with Crippen molar-refractivity contribution < 1.29 is 14.6 Å². The number of aliphatic carboxylic acids is 1. The Morgan fingerprint density at radius 2 is 1.88 bits per heavy atom. The minimum atomic E-state index is -0.954. The Hall–Kier alpha value is -2.29. The fourth-order valence-electron chi connectivity index (χ4n) is 1.78. The highest BCUT2D eigenvalue weighted by Crippen LogP contribution is 2.28. The second kappa shape index (κ2) is 4.70. The molecule has 2 aromatic rings. The lowest BCUT2D eigenvalue weighted by Gasteiger charge is -2.07. The lowest BCUT2D eigenvalue weighted by atomic mass is 10.0. The minimum Gasteiger partial charge on any atom is -0.496 e. The van der Waals surface area contributed by atoms with Gasteiger partial charge in [-0.3, -0.25) is 0 Å². The summed E-state index contributed by atoms with van der Waals surface area (Å²) in [6.45, 7) is 0. The zero-order valence-corrected chi connectivity index (χ0v) is 9.38. The zero-order chi connectivity index (χ0) is 12.3. The smallest absolute Gasteiger partial charge is 0.328 e. The van der Waals surface area contributed by atoms with Crippen molar-refractivity contribution in [3.8, 4) is 5.75 Å². The van der Waals surface area contributed by atoms with Gasteiger partial charge < -0.3 is 9.84 Å². The third kappa shape index (κ3) is 2.28. The van der Waals surface area contributed by atoms with E-state index in [1.54, 1.807) is 13.2 Å². The van der Waals surface area contributed by atoms with Crippen molar-refractivity contribution >= 4 is 22.8 Å². The van der Waals surface area contributed by atoms with Crippen molar-refractivity contribution in [2.45, 2.75) is 0 Å². The number of fused-ring (bicyclic) bond motifs is 1. The van der Waals surface area contributed by atoms with Gasteiger partial charge in [0.1, 0.15) is 5.75 Å². The third-order valence-electron chi connectivity index (χ3n) is 2.54. The van der Waals surface area contributed by atoms with Gasteiger partial charge in [-0.05, 0) is 23.1 Å². The van der Waals surface area contributed by atoms with Gasteiger partial charge in [-0.15, -0.1) is 0 Å². The lowest BCUT2D eigenvalue weighted by Crippen LogP contribution is -1.88. The number of methoxy groups -OCH3 is 1. The number of carboxylic acid groups (broad SMARTS) is 1. The van der Waals surface area contributed by atoms with Crippen molar-refractivity contribution in [2.75, 3.05) is 7.11 Å². The summed E-state index contributed by atoms with van der Waals surface area (Å²) >= 11 is 0. The van der Waals surface area contributed by atoms with Crippen LogP contribution in [0.4, 0.5) is 0 Å². The highest BCUT2D eigenvalue weighted by atomic mass is 16.5. The summed E-state index contributed by atoms with van der Waals surface area (Å²) in [7, 11) is 1.62. The van der Waals surface area contributed by atoms with E-state index in [-0.39, 0.29) is 0 Å². The predicted molar refractivity (Wildman–Crippen MR) is 67.2 cm³/mol. The Kier molecular flexibility index (Phi) is 3.10. The second-order valence-electron chi connectivity index (χ2n) is 3.57. The molecule has 0 heterocycles. The fourth-order valence-corrected chi connectivity index (χ4v) is 1.78. The topological polar surface area (TPSA) is 46.5 Å². The van der Waals surface area contributed by atoms with Crippen LogP contribution in [0.15, 0.2) is 42.5 Å². The largest absolute Gasteiger partial charge is 0.496 e. The summed E-state index contributed by atoms with van der Waals surface area (Å²) < 4.78 is 5.27. The van der Waals surface area contributed by atoms with Gasteiger partial charge in [-0.2, -0.15) is 0 Å². The van der Waals surface area contributed by atoms with Gasteiger partial charge in [-0.1, -0.05) is 30.3 Å². The molecule has 0 saturated heterocycles. The molecule has 0 radical (unpaired) electrons. The number of ether oxygens (including phenoxy) is 1. The Labute approximate surface area is 99.0 Å². The molecule has 0 aliphatic heterocycles. The average Bonchev–Trinajstić information content (AvgIpc) is 2.35. The van der Waals surface area contributed by atoms with Gasteiger partial charge in [0.25, 0.3) is 0 Å². The van der Waals surface area contributed by atoms with Gasteiger partial charge in [0, 0.05) is 11.5 Å². The van der Waals surface area contributed by atoms with E-state index in [4.69, 9.17) is 9.84 Å². The Bertz CT molecular complexity index is 585. The summed E-state index contributed by atoms with van der Waals surface area (Å²) in [5.41, 5.74) is 0.865. The molecule has 17 heavy (non-hydrogen) atoms. The molecule has 86 valence electrons. The van der Waals surface area contributed by atoms with E-state index in [0.717, 1.165) is 28.2 Å². The number of benzene rings is 2. The summed E-state index contributed by atoms with van der Waals surface area (Å²) in [5.74, 6) is -0.169. The van der Waals surface area contributed by atoms with E-state index < -0.39 is 5.97 Å². The predicted octanol–water partition coefficient (Wildman–Crippen LogP) is 2.95. The number of carbonyl (C=O) groups is 1. The molecule has 0 unspecified atom stereocenters. The Morgan fingerprint density at radius 3 is 2.53 bits per heavy atom. The van der Waals surface area contributed by atoms with Crippen molar-refractivity contribution in [3.05, 3.63) is 48.0 Å². The van der Waals surface area contributed by atoms with E-state index in [9.17, 15) is 4.79 Å². The summed E-state index contributed by atoms with van der Waals surface area (Å²) in [6.07, 6.45) is 2.72. The molecule has 0 aromatic heterocycles. The van der Waals surface area contributed by atoms with Crippen LogP contribution in [0.1, 0.15) is 5.56 Å². The van der Waals surface area contributed by atoms with E-state index >= 15 is 0 Å². The average molecular weight is 228 g/mol. The number of hydrogen-bond acceptors (Lipinski definition) is 2. The Morgan fingerprint density at radius 1 is 1.18 bits per heavy atom. The quantitative estimate of drug-likeness (QED) is 0.821. The standard InChI is InChI=1S/C14H12O3/c1-17-13-8-6-10(7-9-14(15)16)11-4-2-3-5-12(11)13/h2-9H,1H3,(H,15,16)/b9-7-. The maximum absolute atomic E-state index is 10.5. The molecular formula is C14H12O3. The minimum absolute atomic E-state index is 0.785. The second-order valence-corrected chi connectivity index (χ2v) is 3.57. The van der Waals surface area contributed by atoms with Crippen LogP contribution in [0, 0.1) is 0 Å². The summed E-state index contributed by atoms with van der Waals surface area (Å²) in [6, 6.07) is 11.4. The fraction of sp³-hybridized carbons (Fsp3) is 0.0714. The number of rotatable bonds is 3. The van der Waals surface area contributed by atoms with Gasteiger partial charge in [0.05, 0.1) is 7.11 Å². The molecule has 0 fully saturated rings. The van der Waals surface area contributed by atoms with Crippen LogP contribution in [-0.4, -0.2) is 18.2 Å². The lowest BCUT2D eigenvalue weighted by molar-refractivity contribution is -0.131. The molecular weight excluding hydrogens is 216 g/mol. The van der Waals surface area contributed by atoms with Crippen molar-refractivity contribution in [3.63, 3.8) is 0 Å². The van der Waals surface area contributed by atoms with E-state index in [0.29, 0.717) is 0 Å². The van der Waals surface area contributed by atoms with Crippen LogP contribution in [-0.2, 0) is 4.79 Å². The van der Waals surface area contributed by atoms with Crippen LogP contribution in [0.25, 0.3) is 16.8 Å². The molecule has 0 bridgehead atoms. The normalized spacial score (nSPS) is 10.9. The first-order valence-electron chi connectivity index (χ1n) is 5.19. The van der Waals surface area contributed by atoms with Gasteiger partial charge >= 0.3 is 5.97 Å². The van der Waals surface area contributed by atoms with Crippen LogP contribution < -0.4 is 4.74 Å². The van der Waals surface area contributed by atoms with E-state index in [1.807, 2.05) is 36.4 Å². The summed E-state index contributed by atoms with van der Waals surface area (Å²) in [5, 5.41) is 10.6. The van der Waals surface area contributed by atoms with Crippen molar-refractivity contribution in [2.24, 2.45) is 0 Å². The zero-order valence-electron chi connectivity index (χ0n) is 9.38. The number of carboxylic acids is 1. The Balaban J connectivity index is 2.62. The van der Waals surface area contributed by atoms with Crippen LogP contribution in [0.5, 0.6) is 5.75 Å². The van der Waals surface area contributed by atoms with E-state index in [1.165, 1.54) is 0 Å². The monoisotopic (exact) mass is 228 g/mol. The molecule has 0 aliphatic carbocycles. The molecule has 0 spiro atoms. The van der Waals surface area contributed by atoms with E-state index in [2.05, 4.69) is 0 Å². The highest BCUT2D eigenvalue weighted by Gasteiger charge is 2.03. The van der Waals surface area contributed by atoms with Crippen LogP contribution >= 0.6 is 0 Å². The van der Waals surface area contributed by atoms with Crippen molar-refractivity contribution in [1.82, 2.24) is 0 Å². The van der Waals surface area contributed by atoms with Gasteiger partial charge in [0.2, 0.25) is 0 Å². The third-order valence-corrected chi connectivity index (χ3v) is 2.54. The molecule has 0 amide bonds.